The molecule has 0 bridgehead atoms. The second kappa shape index (κ2) is 8.65. The Balaban J connectivity index is 1.53. The number of benzene rings is 4. The minimum atomic E-state index is 0.901. The molecule has 4 aromatic carbocycles. The fraction of sp³-hybridized carbons (Fsp3) is 0.133. The Bertz CT molecular complexity index is 1280. The molecule has 0 N–H and O–H groups in total. The molecule has 0 aliphatic rings. The lowest BCUT2D eigenvalue weighted by atomic mass is 10.0. The number of nitrogens with zero attached hydrogens (tertiary/aromatic N) is 1. The number of hydrogen-bond donors (Lipinski definition) is 0. The normalized spacial score (nSPS) is 11.1. The number of fused-ring (bicyclic) bond motifs is 1. The Morgan fingerprint density at radius 3 is 1.94 bits per heavy atom. The van der Waals surface area contributed by atoms with E-state index < -0.39 is 0 Å². The molecule has 0 radical (unpaired) electrons. The molecule has 5 aromatic rings. The van der Waals surface area contributed by atoms with Crippen LogP contribution in [0, 0.1) is 6.92 Å². The maximum atomic E-state index is 2.49. The molecule has 0 saturated carbocycles. The van der Waals surface area contributed by atoms with Crippen LogP contribution in [0.4, 0.5) is 0 Å². The Morgan fingerprint density at radius 1 is 0.581 bits per heavy atom. The molecular formula is C30H27N. The number of rotatable bonds is 6. The van der Waals surface area contributed by atoms with Gasteiger partial charge in [-0.2, -0.15) is 0 Å². The fourth-order valence-corrected chi connectivity index (χ4v) is 4.33. The zero-order valence-corrected chi connectivity index (χ0v) is 18.0. The van der Waals surface area contributed by atoms with Crippen molar-refractivity contribution in [3.8, 4) is 11.1 Å². The molecule has 0 fully saturated rings. The van der Waals surface area contributed by atoms with Gasteiger partial charge in [0.15, 0.2) is 0 Å². The molecule has 0 aliphatic carbocycles. The van der Waals surface area contributed by atoms with Crippen molar-refractivity contribution in [3.05, 3.63) is 132 Å². The number of aromatic nitrogens is 1. The van der Waals surface area contributed by atoms with Crippen molar-refractivity contribution >= 4 is 10.9 Å². The van der Waals surface area contributed by atoms with Crippen molar-refractivity contribution in [2.75, 3.05) is 0 Å². The highest BCUT2D eigenvalue weighted by Gasteiger charge is 2.11. The largest absolute Gasteiger partial charge is 0.340 e. The standard InChI is InChI=1S/C30H27N/c1-23-12-15-26(16-13-23)27-17-19-30-28(20-27)21-29(18-14-24-8-4-2-5-9-24)31(30)22-25-10-6-3-7-11-25/h2-13,15-17,19-21H,14,18,22H2,1H3. The summed E-state index contributed by atoms with van der Waals surface area (Å²) >= 11 is 0. The van der Waals surface area contributed by atoms with Crippen LogP contribution in [-0.2, 0) is 19.4 Å². The van der Waals surface area contributed by atoms with Crippen molar-refractivity contribution in [2.24, 2.45) is 0 Å². The van der Waals surface area contributed by atoms with E-state index in [1.165, 1.54) is 44.4 Å². The monoisotopic (exact) mass is 401 g/mol. The van der Waals surface area contributed by atoms with Gasteiger partial charge in [-0.25, -0.2) is 0 Å². The van der Waals surface area contributed by atoms with E-state index in [2.05, 4.69) is 121 Å². The highest BCUT2D eigenvalue weighted by Crippen LogP contribution is 2.28. The van der Waals surface area contributed by atoms with Crippen LogP contribution in [0.3, 0.4) is 0 Å². The van der Waals surface area contributed by atoms with Crippen LogP contribution in [-0.4, -0.2) is 4.57 Å². The SMILES string of the molecule is Cc1ccc(-c2ccc3c(c2)cc(CCc2ccccc2)n3Cc2ccccc2)cc1. The summed E-state index contributed by atoms with van der Waals surface area (Å²) in [6.07, 6.45) is 2.09. The molecule has 1 nitrogen and oxygen atoms in total. The molecule has 0 spiro atoms. The molecule has 152 valence electrons. The van der Waals surface area contributed by atoms with E-state index in [4.69, 9.17) is 0 Å². The first-order chi connectivity index (χ1) is 15.3. The predicted molar refractivity (Wildman–Crippen MR) is 132 cm³/mol. The van der Waals surface area contributed by atoms with Gasteiger partial charge in [-0.05, 0) is 60.2 Å². The first-order valence-electron chi connectivity index (χ1n) is 11.0. The molecular weight excluding hydrogens is 374 g/mol. The van der Waals surface area contributed by atoms with Gasteiger partial charge in [0.2, 0.25) is 0 Å². The molecule has 1 aromatic heterocycles. The predicted octanol–water partition coefficient (Wildman–Crippen LogP) is 7.45. The molecule has 0 aliphatic heterocycles. The van der Waals surface area contributed by atoms with Gasteiger partial charge >= 0.3 is 0 Å². The van der Waals surface area contributed by atoms with E-state index in [-0.39, 0.29) is 0 Å². The smallest absolute Gasteiger partial charge is 0.0486 e. The van der Waals surface area contributed by atoms with Gasteiger partial charge in [0.05, 0.1) is 0 Å². The summed E-state index contributed by atoms with van der Waals surface area (Å²) < 4.78 is 2.49. The second-order valence-corrected chi connectivity index (χ2v) is 8.33. The van der Waals surface area contributed by atoms with Gasteiger partial charge in [0.1, 0.15) is 0 Å². The lowest BCUT2D eigenvalue weighted by molar-refractivity contribution is 0.754. The average Bonchev–Trinajstić information content (AvgIpc) is 3.16. The highest BCUT2D eigenvalue weighted by atomic mass is 15.0. The fourth-order valence-electron chi connectivity index (χ4n) is 4.33. The average molecular weight is 402 g/mol. The maximum Gasteiger partial charge on any atom is 0.0486 e. The van der Waals surface area contributed by atoms with Crippen molar-refractivity contribution in [3.63, 3.8) is 0 Å². The Labute approximate surface area is 184 Å². The Hall–Kier alpha value is -3.58. The summed E-state index contributed by atoms with van der Waals surface area (Å²) in [5.41, 5.74) is 9.27. The van der Waals surface area contributed by atoms with Crippen LogP contribution in [0.15, 0.2) is 109 Å². The third-order valence-corrected chi connectivity index (χ3v) is 6.07. The van der Waals surface area contributed by atoms with Crippen molar-refractivity contribution in [2.45, 2.75) is 26.3 Å². The minimum Gasteiger partial charge on any atom is -0.340 e. The zero-order chi connectivity index (χ0) is 21.0. The van der Waals surface area contributed by atoms with Crippen LogP contribution in [0.1, 0.15) is 22.4 Å². The lowest BCUT2D eigenvalue weighted by Crippen LogP contribution is -2.05. The first kappa shape index (κ1) is 19.4. The summed E-state index contributed by atoms with van der Waals surface area (Å²) in [5.74, 6) is 0. The summed E-state index contributed by atoms with van der Waals surface area (Å²) in [4.78, 5) is 0. The van der Waals surface area contributed by atoms with E-state index >= 15 is 0 Å². The summed E-state index contributed by atoms with van der Waals surface area (Å²) in [6.45, 7) is 3.04. The number of aryl methyl sites for hydroxylation is 3. The maximum absolute atomic E-state index is 2.49. The third-order valence-electron chi connectivity index (χ3n) is 6.07. The van der Waals surface area contributed by atoms with Crippen LogP contribution in [0.5, 0.6) is 0 Å². The molecule has 0 saturated heterocycles. The van der Waals surface area contributed by atoms with Crippen molar-refractivity contribution < 1.29 is 0 Å². The van der Waals surface area contributed by atoms with E-state index in [1.807, 2.05) is 0 Å². The van der Waals surface area contributed by atoms with Gasteiger partial charge in [-0.1, -0.05) is 96.6 Å². The molecule has 1 heteroatoms. The molecule has 0 unspecified atom stereocenters. The summed E-state index contributed by atoms with van der Waals surface area (Å²) in [6, 6.07) is 39.6. The van der Waals surface area contributed by atoms with E-state index in [0.717, 1.165) is 19.4 Å². The Kier molecular flexibility index (Phi) is 5.41. The molecule has 5 rings (SSSR count). The van der Waals surface area contributed by atoms with E-state index in [0.29, 0.717) is 0 Å². The second-order valence-electron chi connectivity index (χ2n) is 8.33. The topological polar surface area (TPSA) is 4.93 Å². The van der Waals surface area contributed by atoms with Crippen LogP contribution >= 0.6 is 0 Å². The van der Waals surface area contributed by atoms with Crippen LogP contribution in [0.2, 0.25) is 0 Å². The summed E-state index contributed by atoms with van der Waals surface area (Å²) in [7, 11) is 0. The molecule has 0 amide bonds. The van der Waals surface area contributed by atoms with E-state index in [1.54, 1.807) is 0 Å². The molecule has 0 atom stereocenters. The molecule has 1 heterocycles. The van der Waals surface area contributed by atoms with Crippen molar-refractivity contribution in [1.82, 2.24) is 4.57 Å². The van der Waals surface area contributed by atoms with E-state index in [9.17, 15) is 0 Å². The quantitative estimate of drug-likeness (QED) is 0.278. The summed E-state index contributed by atoms with van der Waals surface area (Å²) in [5, 5.41) is 1.32. The van der Waals surface area contributed by atoms with Gasteiger partial charge in [0, 0.05) is 23.1 Å². The van der Waals surface area contributed by atoms with Crippen LogP contribution in [0.25, 0.3) is 22.0 Å². The first-order valence-corrected chi connectivity index (χ1v) is 11.0. The van der Waals surface area contributed by atoms with Gasteiger partial charge < -0.3 is 4.57 Å². The number of hydrogen-bond acceptors (Lipinski definition) is 0. The Morgan fingerprint density at radius 2 is 1.23 bits per heavy atom. The van der Waals surface area contributed by atoms with Crippen LogP contribution < -0.4 is 0 Å². The highest BCUT2D eigenvalue weighted by molar-refractivity contribution is 5.86. The third kappa shape index (κ3) is 4.32. The van der Waals surface area contributed by atoms with Gasteiger partial charge in [-0.3, -0.25) is 0 Å². The lowest BCUT2D eigenvalue weighted by Gasteiger charge is -2.12. The molecule has 31 heavy (non-hydrogen) atoms. The van der Waals surface area contributed by atoms with Gasteiger partial charge in [-0.15, -0.1) is 0 Å². The van der Waals surface area contributed by atoms with Gasteiger partial charge in [0.25, 0.3) is 0 Å². The minimum absolute atomic E-state index is 0.901. The van der Waals surface area contributed by atoms with Crippen molar-refractivity contribution in [1.29, 1.82) is 0 Å². The zero-order valence-electron chi connectivity index (χ0n) is 18.0.